The first-order valence-corrected chi connectivity index (χ1v) is 8.89. The zero-order chi connectivity index (χ0) is 17.2. The number of fused-ring (bicyclic) bond motifs is 1. The van der Waals surface area contributed by atoms with Crippen molar-refractivity contribution in [2.24, 2.45) is 5.73 Å². The molecule has 1 aliphatic carbocycles. The number of carbonyl (C=O) groups excluding carboxylic acids is 1. The zero-order valence-corrected chi connectivity index (χ0v) is 13.6. The molecule has 1 aliphatic rings. The van der Waals surface area contributed by atoms with Gasteiger partial charge in [-0.1, -0.05) is 6.42 Å². The van der Waals surface area contributed by atoms with E-state index in [1.807, 2.05) is 0 Å². The Bertz CT molecular complexity index is 751. The molecule has 1 unspecified atom stereocenters. The average Bonchev–Trinajstić information content (AvgIpc) is 2.58. The average molecular weight is 364 g/mol. The van der Waals surface area contributed by atoms with Gasteiger partial charge in [-0.3, -0.25) is 25.1 Å². The fourth-order valence-electron chi connectivity index (χ4n) is 2.90. The number of guanidine groups is 1. The summed E-state index contributed by atoms with van der Waals surface area (Å²) < 4.78 is 31.6. The molecule has 1 heterocycles. The minimum absolute atomic E-state index is 0. The molecule has 0 aliphatic heterocycles. The van der Waals surface area contributed by atoms with Crippen molar-refractivity contribution in [2.45, 2.75) is 38.5 Å². The maximum absolute atomic E-state index is 12.1. The quantitative estimate of drug-likeness (QED) is 0.196. The van der Waals surface area contributed by atoms with Crippen LogP contribution in [0.2, 0.25) is 0 Å². The van der Waals surface area contributed by atoms with E-state index in [9.17, 15) is 13.2 Å². The number of rotatable bonds is 3. The van der Waals surface area contributed by atoms with E-state index in [0.29, 0.717) is 29.8 Å². The van der Waals surface area contributed by atoms with Gasteiger partial charge in [-0.05, 0) is 37.8 Å². The van der Waals surface area contributed by atoms with Crippen LogP contribution in [-0.2, 0) is 16.5 Å². The molecular formula is C14H21N4NaO4S. The fraction of sp³-hybridized carbons (Fsp3) is 0.500. The molecule has 24 heavy (non-hydrogen) atoms. The molecule has 0 spiro atoms. The Labute approximate surface area is 163 Å². The number of aryl methyl sites for hydroxylation is 2. The van der Waals surface area contributed by atoms with Crippen LogP contribution in [0.4, 0.5) is 0 Å². The Morgan fingerprint density at radius 2 is 2.17 bits per heavy atom. The summed E-state index contributed by atoms with van der Waals surface area (Å²) in [6, 6.07) is 1.68. The number of carbonyl (C=O) groups is 1. The van der Waals surface area contributed by atoms with Gasteiger partial charge in [0, 0.05) is 11.6 Å². The number of hydrogen-bond donors (Lipinski definition) is 4. The van der Waals surface area contributed by atoms with Crippen molar-refractivity contribution < 1.29 is 17.8 Å². The molecule has 1 aromatic rings. The number of aromatic nitrogens is 1. The van der Waals surface area contributed by atoms with Gasteiger partial charge in [-0.15, -0.1) is 0 Å². The van der Waals surface area contributed by atoms with Crippen LogP contribution in [0.15, 0.2) is 6.07 Å². The van der Waals surface area contributed by atoms with Crippen molar-refractivity contribution in [3.63, 3.8) is 0 Å². The van der Waals surface area contributed by atoms with Crippen molar-refractivity contribution in [1.29, 1.82) is 5.41 Å². The van der Waals surface area contributed by atoms with Gasteiger partial charge < -0.3 is 5.73 Å². The second-order valence-electron chi connectivity index (χ2n) is 5.72. The number of nitrogens with zero attached hydrogens (tertiary/aromatic N) is 1. The summed E-state index contributed by atoms with van der Waals surface area (Å²) >= 11 is 0. The number of nitrogens with one attached hydrogen (secondary N) is 2. The van der Waals surface area contributed by atoms with Crippen LogP contribution in [0.1, 0.15) is 52.5 Å². The monoisotopic (exact) mass is 364 g/mol. The third kappa shape index (κ3) is 5.52. The maximum atomic E-state index is 12.1. The molecule has 0 bridgehead atoms. The molecule has 0 fully saturated rings. The molecule has 8 nitrogen and oxygen atoms in total. The van der Waals surface area contributed by atoms with Crippen molar-refractivity contribution in [3.05, 3.63) is 28.6 Å². The van der Waals surface area contributed by atoms with Gasteiger partial charge in [0.15, 0.2) is 5.96 Å². The predicted molar refractivity (Wildman–Crippen MR) is 92.2 cm³/mol. The molecule has 1 aromatic heterocycles. The first-order valence-electron chi connectivity index (χ1n) is 7.28. The first kappa shape index (κ1) is 21.0. The van der Waals surface area contributed by atoms with Crippen molar-refractivity contribution >= 4 is 51.5 Å². The molecule has 0 aromatic carbocycles. The normalized spacial score (nSPS) is 17.2. The molecule has 5 N–H and O–H groups in total. The minimum atomic E-state index is -4.10. The van der Waals surface area contributed by atoms with Crippen LogP contribution in [0.3, 0.4) is 0 Å². The molecule has 1 atom stereocenters. The number of pyridine rings is 1. The molecule has 2 rings (SSSR count). The van der Waals surface area contributed by atoms with Crippen LogP contribution >= 0.6 is 0 Å². The van der Waals surface area contributed by atoms with Crippen molar-refractivity contribution in [1.82, 2.24) is 10.3 Å². The van der Waals surface area contributed by atoms with Gasteiger partial charge in [-0.2, -0.15) is 8.42 Å². The van der Waals surface area contributed by atoms with Gasteiger partial charge >= 0.3 is 29.6 Å². The molecule has 10 heteroatoms. The third-order valence-electron chi connectivity index (χ3n) is 3.87. The van der Waals surface area contributed by atoms with Gasteiger partial charge in [0.1, 0.15) is 0 Å². The predicted octanol–water partition coefficient (Wildman–Crippen LogP) is 0.0626. The zero-order valence-electron chi connectivity index (χ0n) is 12.8. The molecule has 0 radical (unpaired) electrons. The molecule has 0 saturated heterocycles. The van der Waals surface area contributed by atoms with Crippen LogP contribution in [0.5, 0.6) is 0 Å². The SMILES string of the molecule is Cc1nc2c(cc1C(=O)NC(=N)N)CCCCC2CS(=O)(=O)O.[NaH]. The van der Waals surface area contributed by atoms with Crippen LogP contribution in [-0.4, -0.2) is 65.1 Å². The van der Waals surface area contributed by atoms with E-state index in [0.717, 1.165) is 18.4 Å². The number of amides is 1. The Balaban J connectivity index is 0.00000288. The van der Waals surface area contributed by atoms with Gasteiger partial charge in [-0.25, -0.2) is 0 Å². The number of hydrogen-bond acceptors (Lipinski definition) is 5. The van der Waals surface area contributed by atoms with Gasteiger partial charge in [0.25, 0.3) is 16.0 Å². The van der Waals surface area contributed by atoms with E-state index in [1.54, 1.807) is 13.0 Å². The Hall–Kier alpha value is -1.00. The molecule has 128 valence electrons. The summed E-state index contributed by atoms with van der Waals surface area (Å²) in [7, 11) is -4.10. The summed E-state index contributed by atoms with van der Waals surface area (Å²) in [5, 5.41) is 9.35. The van der Waals surface area contributed by atoms with E-state index in [1.165, 1.54) is 0 Å². The van der Waals surface area contributed by atoms with Crippen LogP contribution in [0.25, 0.3) is 0 Å². The van der Waals surface area contributed by atoms with Crippen LogP contribution in [0, 0.1) is 12.3 Å². The van der Waals surface area contributed by atoms with Gasteiger partial charge in [0.05, 0.1) is 17.0 Å². The van der Waals surface area contributed by atoms with E-state index in [2.05, 4.69) is 10.3 Å². The third-order valence-corrected chi connectivity index (χ3v) is 4.69. The number of nitrogens with two attached hydrogens (primary N) is 1. The second-order valence-corrected chi connectivity index (χ2v) is 7.22. The van der Waals surface area contributed by atoms with Gasteiger partial charge in [0.2, 0.25) is 0 Å². The van der Waals surface area contributed by atoms with E-state index >= 15 is 0 Å². The summed E-state index contributed by atoms with van der Waals surface area (Å²) in [5.74, 6) is -1.72. The van der Waals surface area contributed by atoms with E-state index in [4.69, 9.17) is 15.7 Å². The summed E-state index contributed by atoms with van der Waals surface area (Å²) in [6.45, 7) is 1.64. The fourth-order valence-corrected chi connectivity index (χ4v) is 3.73. The molecule has 0 saturated carbocycles. The Morgan fingerprint density at radius 1 is 1.50 bits per heavy atom. The van der Waals surface area contributed by atoms with E-state index < -0.39 is 22.0 Å². The van der Waals surface area contributed by atoms with Crippen molar-refractivity contribution in [3.8, 4) is 0 Å². The topological polar surface area (TPSA) is 146 Å². The summed E-state index contributed by atoms with van der Waals surface area (Å²) in [6.07, 6.45) is 2.99. The van der Waals surface area contributed by atoms with Crippen molar-refractivity contribution in [2.75, 3.05) is 5.75 Å². The van der Waals surface area contributed by atoms with E-state index in [-0.39, 0.29) is 41.2 Å². The summed E-state index contributed by atoms with van der Waals surface area (Å²) in [4.78, 5) is 16.5. The Morgan fingerprint density at radius 3 is 2.75 bits per heavy atom. The Kier molecular flexibility index (Phi) is 7.36. The van der Waals surface area contributed by atoms with Crippen LogP contribution < -0.4 is 11.1 Å². The standard InChI is InChI=1S/C14H20N4O4S.Na.H/c1-8-11(13(19)18-14(15)16)6-9-4-2-3-5-10(12(9)17-8)7-23(20,21)22;;/h6,10H,2-5,7H2,1H3,(H,20,21,22)(H4,15,16,18,19);;. The molecule has 1 amide bonds. The summed E-state index contributed by atoms with van der Waals surface area (Å²) in [5.41, 5.74) is 7.34. The second kappa shape index (κ2) is 8.39. The molecular weight excluding hydrogens is 343 g/mol. The first-order chi connectivity index (χ1) is 10.7.